The molecule has 0 aliphatic carbocycles. The standard InChI is InChI=1S/C19H10O6/c20-7-12-6-15-18(14(9-22)13(12)8-21)19(24)17(16(10-23)25-15)11-4-2-1-3-5-11/h1-10H. The van der Waals surface area contributed by atoms with E-state index in [2.05, 4.69) is 0 Å². The number of hydrogen-bond acceptors (Lipinski definition) is 6. The second-order valence-electron chi connectivity index (χ2n) is 5.17. The molecule has 122 valence electrons. The summed E-state index contributed by atoms with van der Waals surface area (Å²) in [5, 5.41) is -0.146. The number of hydrogen-bond donors (Lipinski definition) is 0. The Bertz CT molecular complexity index is 1080. The van der Waals surface area contributed by atoms with Gasteiger partial charge >= 0.3 is 0 Å². The van der Waals surface area contributed by atoms with Gasteiger partial charge in [-0.1, -0.05) is 30.3 Å². The largest absolute Gasteiger partial charge is 0.452 e. The quantitative estimate of drug-likeness (QED) is 0.665. The Kier molecular flexibility index (Phi) is 4.18. The van der Waals surface area contributed by atoms with Crippen LogP contribution in [0.3, 0.4) is 0 Å². The molecule has 0 bridgehead atoms. The minimum Gasteiger partial charge on any atom is -0.452 e. The van der Waals surface area contributed by atoms with Gasteiger partial charge in [0.15, 0.2) is 30.9 Å². The fourth-order valence-electron chi connectivity index (χ4n) is 2.75. The predicted octanol–water partition coefficient (Wildman–Crippen LogP) is 2.71. The second-order valence-corrected chi connectivity index (χ2v) is 5.17. The van der Waals surface area contributed by atoms with Crippen molar-refractivity contribution in [2.24, 2.45) is 0 Å². The lowest BCUT2D eigenvalue weighted by atomic mass is 9.95. The first-order valence-corrected chi connectivity index (χ1v) is 7.20. The number of carbonyl (C=O) groups excluding carboxylic acids is 4. The van der Waals surface area contributed by atoms with Crippen LogP contribution in [0, 0.1) is 0 Å². The van der Waals surface area contributed by atoms with Gasteiger partial charge in [-0.05, 0) is 11.6 Å². The lowest BCUT2D eigenvalue weighted by molar-refractivity contribution is 0.108. The maximum absolute atomic E-state index is 13.0. The van der Waals surface area contributed by atoms with Gasteiger partial charge < -0.3 is 4.42 Å². The molecule has 6 nitrogen and oxygen atoms in total. The van der Waals surface area contributed by atoms with Crippen LogP contribution < -0.4 is 5.43 Å². The molecule has 1 heterocycles. The summed E-state index contributed by atoms with van der Waals surface area (Å²) >= 11 is 0. The molecule has 6 heteroatoms. The second kappa shape index (κ2) is 6.45. The highest BCUT2D eigenvalue weighted by atomic mass is 16.3. The molecular weight excluding hydrogens is 324 g/mol. The Morgan fingerprint density at radius 2 is 1.48 bits per heavy atom. The SMILES string of the molecule is O=Cc1cc2oc(C=O)c(-c3ccccc3)c(=O)c2c(C=O)c1C=O. The van der Waals surface area contributed by atoms with Crippen LogP contribution in [0.1, 0.15) is 41.6 Å². The van der Waals surface area contributed by atoms with Crippen molar-refractivity contribution in [1.29, 1.82) is 0 Å². The summed E-state index contributed by atoms with van der Waals surface area (Å²) in [5.74, 6) is -0.226. The highest BCUT2D eigenvalue weighted by Gasteiger charge is 2.21. The van der Waals surface area contributed by atoms with Crippen LogP contribution in [0.2, 0.25) is 0 Å². The van der Waals surface area contributed by atoms with Crippen molar-refractivity contribution in [2.45, 2.75) is 0 Å². The number of rotatable bonds is 5. The van der Waals surface area contributed by atoms with E-state index in [-0.39, 0.29) is 39.0 Å². The molecular formula is C19H10O6. The lowest BCUT2D eigenvalue weighted by Crippen LogP contribution is -2.13. The number of fused-ring (bicyclic) bond motifs is 1. The molecule has 0 spiro atoms. The van der Waals surface area contributed by atoms with Crippen molar-refractivity contribution < 1.29 is 23.6 Å². The smallest absolute Gasteiger partial charge is 0.202 e. The van der Waals surface area contributed by atoms with Crippen molar-refractivity contribution in [3.05, 3.63) is 69.1 Å². The third-order valence-electron chi connectivity index (χ3n) is 3.86. The van der Waals surface area contributed by atoms with Crippen molar-refractivity contribution in [1.82, 2.24) is 0 Å². The van der Waals surface area contributed by atoms with Crippen molar-refractivity contribution in [3.8, 4) is 11.1 Å². The predicted molar refractivity (Wildman–Crippen MR) is 89.5 cm³/mol. The van der Waals surface area contributed by atoms with Crippen LogP contribution in [0.5, 0.6) is 0 Å². The Labute approximate surface area is 140 Å². The van der Waals surface area contributed by atoms with Crippen LogP contribution in [-0.2, 0) is 0 Å². The summed E-state index contributed by atoms with van der Waals surface area (Å²) in [4.78, 5) is 58.3. The molecule has 0 aliphatic heterocycles. The van der Waals surface area contributed by atoms with Gasteiger partial charge in [0.05, 0.1) is 10.9 Å². The fourth-order valence-corrected chi connectivity index (χ4v) is 2.75. The van der Waals surface area contributed by atoms with Crippen molar-refractivity contribution in [3.63, 3.8) is 0 Å². The third-order valence-corrected chi connectivity index (χ3v) is 3.86. The molecule has 0 aliphatic rings. The van der Waals surface area contributed by atoms with Gasteiger partial charge in [-0.2, -0.15) is 0 Å². The fraction of sp³-hybridized carbons (Fsp3) is 0. The number of aldehydes is 4. The Morgan fingerprint density at radius 1 is 0.800 bits per heavy atom. The molecule has 0 saturated carbocycles. The average Bonchev–Trinajstić information content (AvgIpc) is 2.66. The summed E-state index contributed by atoms with van der Waals surface area (Å²) in [5.41, 5.74) is -0.845. The molecule has 0 N–H and O–H groups in total. The zero-order chi connectivity index (χ0) is 18.0. The van der Waals surface area contributed by atoms with E-state index >= 15 is 0 Å². The minimum absolute atomic E-state index is 0.0121. The third kappa shape index (κ3) is 2.49. The first-order valence-electron chi connectivity index (χ1n) is 7.20. The van der Waals surface area contributed by atoms with E-state index in [1.165, 1.54) is 6.07 Å². The van der Waals surface area contributed by atoms with E-state index < -0.39 is 5.43 Å². The van der Waals surface area contributed by atoms with Gasteiger partial charge in [-0.3, -0.25) is 24.0 Å². The van der Waals surface area contributed by atoms with Crippen molar-refractivity contribution in [2.75, 3.05) is 0 Å². The van der Waals surface area contributed by atoms with Crippen LogP contribution in [0.4, 0.5) is 0 Å². The van der Waals surface area contributed by atoms with Crippen LogP contribution in [-0.4, -0.2) is 25.1 Å². The zero-order valence-corrected chi connectivity index (χ0v) is 12.7. The molecule has 3 aromatic rings. The summed E-state index contributed by atoms with van der Waals surface area (Å²) in [6, 6.07) is 9.51. The molecule has 1 aromatic heterocycles. The highest BCUT2D eigenvalue weighted by molar-refractivity contribution is 6.09. The molecule has 0 saturated heterocycles. The molecule has 2 aromatic carbocycles. The number of carbonyl (C=O) groups is 4. The molecule has 0 atom stereocenters. The molecule has 25 heavy (non-hydrogen) atoms. The molecule has 0 amide bonds. The topological polar surface area (TPSA) is 98.5 Å². The van der Waals surface area contributed by atoms with E-state index in [0.29, 0.717) is 30.7 Å². The first-order chi connectivity index (χ1) is 12.2. The van der Waals surface area contributed by atoms with Gasteiger partial charge in [0.25, 0.3) is 0 Å². The van der Waals surface area contributed by atoms with Crippen molar-refractivity contribution >= 4 is 36.1 Å². The molecule has 0 unspecified atom stereocenters. The van der Waals surface area contributed by atoms with E-state index in [0.717, 1.165) is 0 Å². The normalized spacial score (nSPS) is 10.4. The lowest BCUT2D eigenvalue weighted by Gasteiger charge is -2.10. The summed E-state index contributed by atoms with van der Waals surface area (Å²) in [6.07, 6.45) is 1.42. The summed E-state index contributed by atoms with van der Waals surface area (Å²) < 4.78 is 5.46. The summed E-state index contributed by atoms with van der Waals surface area (Å²) in [7, 11) is 0. The molecule has 0 radical (unpaired) electrons. The maximum atomic E-state index is 13.0. The van der Waals surface area contributed by atoms with E-state index in [1.807, 2.05) is 0 Å². The van der Waals surface area contributed by atoms with E-state index in [4.69, 9.17) is 4.42 Å². The monoisotopic (exact) mass is 334 g/mol. The average molecular weight is 334 g/mol. The Balaban J connectivity index is 2.57. The Hall–Kier alpha value is -3.67. The zero-order valence-electron chi connectivity index (χ0n) is 12.7. The van der Waals surface area contributed by atoms with Gasteiger partial charge in [0, 0.05) is 16.7 Å². The van der Waals surface area contributed by atoms with Gasteiger partial charge in [0.1, 0.15) is 5.58 Å². The highest BCUT2D eigenvalue weighted by Crippen LogP contribution is 2.27. The molecule has 0 fully saturated rings. The van der Waals surface area contributed by atoms with Gasteiger partial charge in [-0.15, -0.1) is 0 Å². The molecule has 3 rings (SSSR count). The maximum Gasteiger partial charge on any atom is 0.202 e. The summed E-state index contributed by atoms with van der Waals surface area (Å²) in [6.45, 7) is 0. The Morgan fingerprint density at radius 3 is 2.04 bits per heavy atom. The van der Waals surface area contributed by atoms with Crippen LogP contribution in [0.15, 0.2) is 45.6 Å². The first kappa shape index (κ1) is 16.2. The van der Waals surface area contributed by atoms with Gasteiger partial charge in [0.2, 0.25) is 5.43 Å². The minimum atomic E-state index is -0.628. The van der Waals surface area contributed by atoms with Crippen LogP contribution in [0.25, 0.3) is 22.1 Å². The number of benzene rings is 2. The van der Waals surface area contributed by atoms with E-state index in [9.17, 15) is 24.0 Å². The van der Waals surface area contributed by atoms with E-state index in [1.54, 1.807) is 30.3 Å². The van der Waals surface area contributed by atoms with Crippen LogP contribution >= 0.6 is 0 Å². The van der Waals surface area contributed by atoms with Gasteiger partial charge in [-0.25, -0.2) is 0 Å².